The predicted molar refractivity (Wildman–Crippen MR) is 71.1 cm³/mol. The summed E-state index contributed by atoms with van der Waals surface area (Å²) in [4.78, 5) is 9.51. The lowest BCUT2D eigenvalue weighted by Crippen LogP contribution is -2.23. The minimum atomic E-state index is 0.366. The lowest BCUT2D eigenvalue weighted by molar-refractivity contribution is 0.535. The van der Waals surface area contributed by atoms with Crippen LogP contribution >= 0.6 is 11.3 Å². The lowest BCUT2D eigenvalue weighted by Gasteiger charge is -2.16. The number of pyridine rings is 1. The molecule has 17 heavy (non-hydrogen) atoms. The van der Waals surface area contributed by atoms with Gasteiger partial charge < -0.3 is 5.32 Å². The Bertz CT molecular complexity index is 413. The van der Waals surface area contributed by atoms with Gasteiger partial charge in [-0.05, 0) is 37.1 Å². The Balaban J connectivity index is 2.06. The fraction of sp³-hybridized carbons (Fsp3) is 0.385. The third-order valence-corrected chi connectivity index (χ3v) is 3.51. The molecule has 4 heteroatoms. The average molecular weight is 247 g/mol. The molecular weight excluding hydrogens is 230 g/mol. The van der Waals surface area contributed by atoms with E-state index in [0.29, 0.717) is 6.04 Å². The molecule has 0 fully saturated rings. The fourth-order valence-corrected chi connectivity index (χ4v) is 2.44. The van der Waals surface area contributed by atoms with Crippen LogP contribution in [0.3, 0.4) is 0 Å². The second-order valence-electron chi connectivity index (χ2n) is 3.97. The summed E-state index contributed by atoms with van der Waals surface area (Å²) in [6.45, 7) is 3.22. The van der Waals surface area contributed by atoms with E-state index in [1.54, 1.807) is 11.3 Å². The van der Waals surface area contributed by atoms with Crippen LogP contribution in [0, 0.1) is 0 Å². The molecule has 0 bridgehead atoms. The Kier molecular flexibility index (Phi) is 4.64. The van der Waals surface area contributed by atoms with Crippen molar-refractivity contribution >= 4 is 11.3 Å². The maximum atomic E-state index is 4.16. The third kappa shape index (κ3) is 3.61. The van der Waals surface area contributed by atoms with Gasteiger partial charge in [-0.25, -0.2) is 0 Å². The molecule has 2 aromatic rings. The van der Waals surface area contributed by atoms with E-state index in [0.717, 1.165) is 19.4 Å². The van der Waals surface area contributed by atoms with E-state index >= 15 is 0 Å². The molecule has 3 nitrogen and oxygen atoms in total. The number of nitrogens with zero attached hydrogens (tertiary/aromatic N) is 2. The number of hydrogen-bond donors (Lipinski definition) is 1. The highest BCUT2D eigenvalue weighted by atomic mass is 32.1. The summed E-state index contributed by atoms with van der Waals surface area (Å²) >= 11 is 1.71. The van der Waals surface area contributed by atoms with Crippen LogP contribution in [0.15, 0.2) is 36.2 Å². The van der Waals surface area contributed by atoms with Gasteiger partial charge in [0.05, 0.1) is 5.51 Å². The van der Waals surface area contributed by atoms with E-state index in [1.807, 2.05) is 24.1 Å². The Labute approximate surface area is 106 Å². The third-order valence-electron chi connectivity index (χ3n) is 2.62. The van der Waals surface area contributed by atoms with Gasteiger partial charge in [-0.2, -0.15) is 0 Å². The highest BCUT2D eigenvalue weighted by Crippen LogP contribution is 2.21. The fourth-order valence-electron chi connectivity index (χ4n) is 1.74. The number of rotatable bonds is 6. The summed E-state index contributed by atoms with van der Waals surface area (Å²) in [5, 5.41) is 3.57. The van der Waals surface area contributed by atoms with Crippen molar-refractivity contribution in [1.82, 2.24) is 15.3 Å². The molecule has 90 valence electrons. The van der Waals surface area contributed by atoms with Crippen LogP contribution in [0.4, 0.5) is 0 Å². The molecule has 0 aliphatic rings. The van der Waals surface area contributed by atoms with Gasteiger partial charge in [0.2, 0.25) is 0 Å². The topological polar surface area (TPSA) is 37.8 Å². The van der Waals surface area contributed by atoms with Gasteiger partial charge in [0, 0.05) is 29.5 Å². The predicted octanol–water partition coefficient (Wildman–Crippen LogP) is 2.82. The van der Waals surface area contributed by atoms with Crippen LogP contribution in [-0.4, -0.2) is 16.5 Å². The molecule has 0 saturated heterocycles. The van der Waals surface area contributed by atoms with Gasteiger partial charge >= 0.3 is 0 Å². The van der Waals surface area contributed by atoms with Crippen molar-refractivity contribution in [2.45, 2.75) is 25.8 Å². The van der Waals surface area contributed by atoms with Crippen LogP contribution in [0.2, 0.25) is 0 Å². The van der Waals surface area contributed by atoms with Gasteiger partial charge in [0.25, 0.3) is 0 Å². The van der Waals surface area contributed by atoms with E-state index in [4.69, 9.17) is 0 Å². The first-order chi connectivity index (χ1) is 8.40. The molecule has 0 aliphatic carbocycles. The molecule has 2 aromatic heterocycles. The zero-order valence-corrected chi connectivity index (χ0v) is 10.8. The first-order valence-electron chi connectivity index (χ1n) is 5.91. The first-order valence-corrected chi connectivity index (χ1v) is 6.78. The Morgan fingerprint density at radius 2 is 2.12 bits per heavy atom. The average Bonchev–Trinajstić information content (AvgIpc) is 2.89. The smallest absolute Gasteiger partial charge is 0.0794 e. The van der Waals surface area contributed by atoms with Crippen LogP contribution in [0.25, 0.3) is 0 Å². The standard InChI is InChI=1S/C13H17N3S/c1-2-5-16-12(13-9-15-10-17-13)8-11-3-6-14-7-4-11/h3-4,6-7,9-10,12,16H,2,5,8H2,1H3. The van der Waals surface area contributed by atoms with Crippen molar-refractivity contribution in [3.05, 3.63) is 46.7 Å². The van der Waals surface area contributed by atoms with Gasteiger partial charge in [0.1, 0.15) is 0 Å². The molecule has 0 amide bonds. The molecule has 2 rings (SSSR count). The maximum Gasteiger partial charge on any atom is 0.0794 e. The SMILES string of the molecule is CCCNC(Cc1ccncc1)c1cncs1. The summed E-state index contributed by atoms with van der Waals surface area (Å²) in [6.07, 6.45) is 7.79. The van der Waals surface area contributed by atoms with Crippen molar-refractivity contribution in [3.63, 3.8) is 0 Å². The highest BCUT2D eigenvalue weighted by Gasteiger charge is 2.12. The number of aromatic nitrogens is 2. The zero-order valence-electron chi connectivity index (χ0n) is 9.97. The maximum absolute atomic E-state index is 4.16. The van der Waals surface area contributed by atoms with Crippen molar-refractivity contribution in [1.29, 1.82) is 0 Å². The molecule has 0 aromatic carbocycles. The summed E-state index contributed by atoms with van der Waals surface area (Å²) in [7, 11) is 0. The summed E-state index contributed by atoms with van der Waals surface area (Å²) in [6, 6.07) is 4.51. The minimum absolute atomic E-state index is 0.366. The first kappa shape index (κ1) is 12.2. The van der Waals surface area contributed by atoms with E-state index < -0.39 is 0 Å². The Morgan fingerprint density at radius 1 is 1.29 bits per heavy atom. The van der Waals surface area contributed by atoms with Crippen LogP contribution in [0.1, 0.15) is 29.8 Å². The Morgan fingerprint density at radius 3 is 2.76 bits per heavy atom. The lowest BCUT2D eigenvalue weighted by atomic mass is 10.1. The van der Waals surface area contributed by atoms with Crippen molar-refractivity contribution < 1.29 is 0 Å². The largest absolute Gasteiger partial charge is 0.309 e. The van der Waals surface area contributed by atoms with E-state index in [-0.39, 0.29) is 0 Å². The summed E-state index contributed by atoms with van der Waals surface area (Å²) in [5.74, 6) is 0. The molecule has 0 aliphatic heterocycles. The van der Waals surface area contributed by atoms with E-state index in [2.05, 4.69) is 34.3 Å². The van der Waals surface area contributed by atoms with Crippen molar-refractivity contribution in [2.24, 2.45) is 0 Å². The quantitative estimate of drug-likeness (QED) is 0.853. The zero-order chi connectivity index (χ0) is 11.9. The van der Waals surface area contributed by atoms with Crippen LogP contribution < -0.4 is 5.32 Å². The molecule has 2 heterocycles. The molecule has 1 unspecified atom stereocenters. The van der Waals surface area contributed by atoms with Gasteiger partial charge in [0.15, 0.2) is 0 Å². The van der Waals surface area contributed by atoms with Crippen molar-refractivity contribution in [3.8, 4) is 0 Å². The van der Waals surface area contributed by atoms with Crippen molar-refractivity contribution in [2.75, 3.05) is 6.54 Å². The summed E-state index contributed by atoms with van der Waals surface area (Å²) < 4.78 is 0. The molecule has 0 radical (unpaired) electrons. The van der Waals surface area contributed by atoms with Gasteiger partial charge in [-0.1, -0.05) is 6.92 Å². The molecule has 1 N–H and O–H groups in total. The van der Waals surface area contributed by atoms with E-state index in [1.165, 1.54) is 10.4 Å². The number of hydrogen-bond acceptors (Lipinski definition) is 4. The van der Waals surface area contributed by atoms with E-state index in [9.17, 15) is 0 Å². The molecular formula is C13H17N3S. The summed E-state index contributed by atoms with van der Waals surface area (Å²) in [5.41, 5.74) is 3.20. The number of thiazole rings is 1. The second-order valence-corrected chi connectivity index (χ2v) is 4.89. The monoisotopic (exact) mass is 247 g/mol. The Hall–Kier alpha value is -1.26. The normalized spacial score (nSPS) is 12.5. The molecule has 0 spiro atoms. The number of nitrogens with one attached hydrogen (secondary N) is 1. The molecule has 1 atom stereocenters. The van der Waals surface area contributed by atoms with Crippen LogP contribution in [-0.2, 0) is 6.42 Å². The van der Waals surface area contributed by atoms with Gasteiger partial charge in [-0.3, -0.25) is 9.97 Å². The highest BCUT2D eigenvalue weighted by molar-refractivity contribution is 7.09. The van der Waals surface area contributed by atoms with Crippen LogP contribution in [0.5, 0.6) is 0 Å². The molecule has 0 saturated carbocycles. The minimum Gasteiger partial charge on any atom is -0.309 e. The van der Waals surface area contributed by atoms with Gasteiger partial charge in [-0.15, -0.1) is 11.3 Å². The second kappa shape index (κ2) is 6.47.